The third-order valence-electron chi connectivity index (χ3n) is 2.05. The summed E-state index contributed by atoms with van der Waals surface area (Å²) < 4.78 is 70.2. The first-order valence-electron chi connectivity index (χ1n) is 4.76. The van der Waals surface area contributed by atoms with Crippen LogP contribution >= 0.6 is 0 Å². The molecular formula is C10H7F5N2O2. The number of methoxy groups -OCH3 is 1. The molecule has 0 radical (unpaired) electrons. The third-order valence-corrected chi connectivity index (χ3v) is 2.05. The van der Waals surface area contributed by atoms with Crippen molar-refractivity contribution in [1.82, 2.24) is 4.98 Å². The molecule has 19 heavy (non-hydrogen) atoms. The predicted molar refractivity (Wildman–Crippen MR) is 51.7 cm³/mol. The average molecular weight is 282 g/mol. The number of nitriles is 1. The Labute approximate surface area is 104 Å². The highest BCUT2D eigenvalue weighted by Crippen LogP contribution is 2.37. The summed E-state index contributed by atoms with van der Waals surface area (Å²) in [6.45, 7) is 0. The van der Waals surface area contributed by atoms with Gasteiger partial charge in [0.05, 0.1) is 31.4 Å². The topological polar surface area (TPSA) is 55.1 Å². The fourth-order valence-corrected chi connectivity index (χ4v) is 1.39. The molecule has 0 aliphatic heterocycles. The number of nitrogens with zero attached hydrogens (tertiary/aromatic N) is 2. The number of alkyl halides is 5. The molecule has 104 valence electrons. The molecule has 0 aliphatic rings. The minimum Gasteiger partial charge on any atom is -0.481 e. The second-order valence-corrected chi connectivity index (χ2v) is 3.21. The Kier molecular flexibility index (Phi) is 4.47. The molecule has 4 nitrogen and oxygen atoms in total. The van der Waals surface area contributed by atoms with Crippen LogP contribution in [0, 0.1) is 11.3 Å². The SMILES string of the molecule is COc1ncc(OC(F)(F)F)c(CC#N)c1C(F)F. The lowest BCUT2D eigenvalue weighted by Crippen LogP contribution is -2.19. The van der Waals surface area contributed by atoms with E-state index in [2.05, 4.69) is 14.5 Å². The van der Waals surface area contributed by atoms with Gasteiger partial charge >= 0.3 is 6.36 Å². The molecule has 9 heteroatoms. The van der Waals surface area contributed by atoms with Crippen LogP contribution in [-0.4, -0.2) is 18.5 Å². The summed E-state index contributed by atoms with van der Waals surface area (Å²) in [6.07, 6.45) is -8.32. The van der Waals surface area contributed by atoms with Gasteiger partial charge in [0.1, 0.15) is 0 Å². The number of halogens is 5. The zero-order valence-corrected chi connectivity index (χ0v) is 9.46. The molecule has 1 heterocycles. The molecule has 0 saturated carbocycles. The van der Waals surface area contributed by atoms with Crippen LogP contribution in [0.5, 0.6) is 11.6 Å². The number of rotatable bonds is 4. The molecule has 0 amide bonds. The standard InChI is InChI=1S/C10H7F5N2O2/c1-18-9-7(8(11)12)5(2-3-16)6(4-17-9)19-10(13,14)15/h4,8H,2H2,1H3. The van der Waals surface area contributed by atoms with Gasteiger partial charge in [-0.2, -0.15) is 5.26 Å². The summed E-state index contributed by atoms with van der Waals surface area (Å²) in [7, 11) is 1.04. The number of ether oxygens (including phenoxy) is 2. The summed E-state index contributed by atoms with van der Waals surface area (Å²) in [5.74, 6) is -1.49. The van der Waals surface area contributed by atoms with Gasteiger partial charge in [-0.15, -0.1) is 13.2 Å². The molecule has 1 aromatic heterocycles. The van der Waals surface area contributed by atoms with E-state index in [0.29, 0.717) is 6.20 Å². The van der Waals surface area contributed by atoms with Gasteiger partial charge in [0.25, 0.3) is 6.43 Å². The lowest BCUT2D eigenvalue weighted by Gasteiger charge is -2.16. The van der Waals surface area contributed by atoms with E-state index in [1.165, 1.54) is 6.07 Å². The Bertz CT molecular complexity index is 496. The number of pyridine rings is 1. The average Bonchev–Trinajstić information content (AvgIpc) is 2.28. The van der Waals surface area contributed by atoms with E-state index in [4.69, 9.17) is 5.26 Å². The molecule has 0 N–H and O–H groups in total. The van der Waals surface area contributed by atoms with Crippen molar-refractivity contribution in [2.75, 3.05) is 7.11 Å². The van der Waals surface area contributed by atoms with Gasteiger partial charge in [0.2, 0.25) is 5.88 Å². The highest BCUT2D eigenvalue weighted by Gasteiger charge is 2.34. The summed E-state index contributed by atoms with van der Waals surface area (Å²) >= 11 is 0. The Morgan fingerprint density at radius 1 is 1.42 bits per heavy atom. The molecule has 0 spiro atoms. The highest BCUT2D eigenvalue weighted by atomic mass is 19.4. The Balaban J connectivity index is 3.40. The second kappa shape index (κ2) is 5.69. The van der Waals surface area contributed by atoms with Gasteiger partial charge in [-0.25, -0.2) is 13.8 Å². The second-order valence-electron chi connectivity index (χ2n) is 3.21. The summed E-state index contributed by atoms with van der Waals surface area (Å²) in [6, 6.07) is 1.49. The molecule has 0 aliphatic carbocycles. The summed E-state index contributed by atoms with van der Waals surface area (Å²) in [4.78, 5) is 3.31. The van der Waals surface area contributed by atoms with Gasteiger partial charge in [0, 0.05) is 5.56 Å². The van der Waals surface area contributed by atoms with Crippen LogP contribution in [0.25, 0.3) is 0 Å². The first-order chi connectivity index (χ1) is 8.80. The van der Waals surface area contributed by atoms with Crippen LogP contribution in [0.2, 0.25) is 0 Å². The fourth-order valence-electron chi connectivity index (χ4n) is 1.39. The van der Waals surface area contributed by atoms with Gasteiger partial charge in [-0.3, -0.25) is 0 Å². The molecule has 1 rings (SSSR count). The van der Waals surface area contributed by atoms with E-state index < -0.39 is 42.0 Å². The monoisotopic (exact) mass is 282 g/mol. The normalized spacial score (nSPS) is 11.3. The Morgan fingerprint density at radius 3 is 2.47 bits per heavy atom. The lowest BCUT2D eigenvalue weighted by atomic mass is 10.1. The van der Waals surface area contributed by atoms with Gasteiger partial charge in [0.15, 0.2) is 5.75 Å². The van der Waals surface area contributed by atoms with Crippen molar-refractivity contribution in [3.05, 3.63) is 17.3 Å². The first-order valence-corrected chi connectivity index (χ1v) is 4.76. The van der Waals surface area contributed by atoms with Crippen LogP contribution in [0.4, 0.5) is 22.0 Å². The van der Waals surface area contributed by atoms with Crippen molar-refractivity contribution in [3.63, 3.8) is 0 Å². The smallest absolute Gasteiger partial charge is 0.481 e. The van der Waals surface area contributed by atoms with Crippen molar-refractivity contribution >= 4 is 0 Å². The Morgan fingerprint density at radius 2 is 2.05 bits per heavy atom. The minimum absolute atomic E-state index is 0.547. The maximum Gasteiger partial charge on any atom is 0.573 e. The van der Waals surface area contributed by atoms with Crippen LogP contribution < -0.4 is 9.47 Å². The molecule has 0 unspecified atom stereocenters. The molecule has 0 fully saturated rings. The molecule has 0 atom stereocenters. The highest BCUT2D eigenvalue weighted by molar-refractivity contribution is 5.46. The predicted octanol–water partition coefficient (Wildman–Crippen LogP) is 2.99. The first kappa shape index (κ1) is 14.9. The zero-order valence-electron chi connectivity index (χ0n) is 9.46. The number of hydrogen-bond donors (Lipinski definition) is 0. The number of hydrogen-bond acceptors (Lipinski definition) is 4. The van der Waals surface area contributed by atoms with Crippen molar-refractivity contribution in [2.24, 2.45) is 0 Å². The largest absolute Gasteiger partial charge is 0.573 e. The molecular weight excluding hydrogens is 275 g/mol. The van der Waals surface area contributed by atoms with Crippen LogP contribution in [-0.2, 0) is 6.42 Å². The molecule has 0 aromatic carbocycles. The molecule has 0 saturated heterocycles. The van der Waals surface area contributed by atoms with Crippen molar-refractivity contribution < 1.29 is 31.4 Å². The maximum absolute atomic E-state index is 12.8. The zero-order chi connectivity index (χ0) is 14.6. The van der Waals surface area contributed by atoms with E-state index in [1.807, 2.05) is 0 Å². The maximum atomic E-state index is 12.8. The van der Waals surface area contributed by atoms with Crippen LogP contribution in [0.15, 0.2) is 6.20 Å². The lowest BCUT2D eigenvalue weighted by molar-refractivity contribution is -0.275. The van der Waals surface area contributed by atoms with Crippen molar-refractivity contribution in [1.29, 1.82) is 5.26 Å². The van der Waals surface area contributed by atoms with Crippen molar-refractivity contribution in [2.45, 2.75) is 19.2 Å². The van der Waals surface area contributed by atoms with Gasteiger partial charge in [-0.05, 0) is 0 Å². The minimum atomic E-state index is -5.07. The van der Waals surface area contributed by atoms with Gasteiger partial charge in [-0.1, -0.05) is 0 Å². The van der Waals surface area contributed by atoms with E-state index in [-0.39, 0.29) is 0 Å². The molecule has 0 bridgehead atoms. The van der Waals surface area contributed by atoms with Gasteiger partial charge < -0.3 is 9.47 Å². The number of aromatic nitrogens is 1. The van der Waals surface area contributed by atoms with Crippen molar-refractivity contribution in [3.8, 4) is 17.7 Å². The quantitative estimate of drug-likeness (QED) is 0.797. The Hall–Kier alpha value is -2.11. The van der Waals surface area contributed by atoms with E-state index in [9.17, 15) is 22.0 Å². The van der Waals surface area contributed by atoms with E-state index in [0.717, 1.165) is 7.11 Å². The van der Waals surface area contributed by atoms with E-state index >= 15 is 0 Å². The third kappa shape index (κ3) is 3.67. The van der Waals surface area contributed by atoms with E-state index in [1.54, 1.807) is 0 Å². The summed E-state index contributed by atoms with van der Waals surface area (Å²) in [5.41, 5.74) is -1.48. The van der Waals surface area contributed by atoms with Crippen LogP contribution in [0.1, 0.15) is 17.6 Å². The van der Waals surface area contributed by atoms with Crippen LogP contribution in [0.3, 0.4) is 0 Å². The fraction of sp³-hybridized carbons (Fsp3) is 0.400. The molecule has 1 aromatic rings. The summed E-state index contributed by atoms with van der Waals surface area (Å²) in [5, 5.41) is 8.52.